The molecule has 29 heavy (non-hydrogen) atoms. The van der Waals surface area contributed by atoms with Crippen LogP contribution in [0.5, 0.6) is 11.5 Å². The zero-order valence-electron chi connectivity index (χ0n) is 17.2. The smallest absolute Gasteiger partial charge is 0.262 e. The van der Waals surface area contributed by atoms with Crippen molar-refractivity contribution in [1.29, 1.82) is 0 Å². The number of rotatable bonds is 6. The number of thiocarbonyl (C=S) groups is 1. The first-order valence-corrected chi connectivity index (χ1v) is 10.3. The third-order valence-corrected chi connectivity index (χ3v) is 5.64. The van der Waals surface area contributed by atoms with Gasteiger partial charge >= 0.3 is 0 Å². The molecule has 0 saturated carbocycles. The van der Waals surface area contributed by atoms with Gasteiger partial charge in [0.1, 0.15) is 4.99 Å². The highest BCUT2D eigenvalue weighted by atomic mass is 32.1. The van der Waals surface area contributed by atoms with Crippen LogP contribution in [0.4, 0.5) is 5.69 Å². The molecule has 0 atom stereocenters. The van der Waals surface area contributed by atoms with Gasteiger partial charge in [-0.1, -0.05) is 31.3 Å². The van der Waals surface area contributed by atoms with Gasteiger partial charge in [0, 0.05) is 24.3 Å². The minimum Gasteiger partial charge on any atom is -0.493 e. The summed E-state index contributed by atoms with van der Waals surface area (Å²) in [6.07, 6.45) is 2.32. The van der Waals surface area contributed by atoms with Crippen molar-refractivity contribution < 1.29 is 14.3 Å². The monoisotopic (exact) mass is 412 g/mol. The summed E-state index contributed by atoms with van der Waals surface area (Å²) in [5, 5.41) is 2.83. The molecule has 1 saturated heterocycles. The molecule has 0 radical (unpaired) electrons. The lowest BCUT2D eigenvalue weighted by Crippen LogP contribution is -2.37. The molecule has 5 nitrogen and oxygen atoms in total. The lowest BCUT2D eigenvalue weighted by molar-refractivity contribution is -0.118. The number of piperidine rings is 1. The van der Waals surface area contributed by atoms with Crippen LogP contribution >= 0.6 is 12.2 Å². The zero-order valence-corrected chi connectivity index (χ0v) is 18.1. The van der Waals surface area contributed by atoms with Crippen molar-refractivity contribution in [3.63, 3.8) is 0 Å². The van der Waals surface area contributed by atoms with Crippen molar-refractivity contribution in [3.05, 3.63) is 53.6 Å². The van der Waals surface area contributed by atoms with Gasteiger partial charge < -0.3 is 19.7 Å². The molecular weight excluding hydrogens is 384 g/mol. The fourth-order valence-electron chi connectivity index (χ4n) is 3.38. The number of nitrogens with zero attached hydrogens (tertiary/aromatic N) is 1. The summed E-state index contributed by atoms with van der Waals surface area (Å²) in [5.41, 5.74) is 2.77. The molecule has 2 aromatic rings. The minimum atomic E-state index is -0.223. The largest absolute Gasteiger partial charge is 0.493 e. The van der Waals surface area contributed by atoms with Gasteiger partial charge in [-0.2, -0.15) is 0 Å². The van der Waals surface area contributed by atoms with E-state index < -0.39 is 0 Å². The van der Waals surface area contributed by atoms with Gasteiger partial charge in [0.25, 0.3) is 5.91 Å². The predicted octanol–water partition coefficient (Wildman–Crippen LogP) is 4.43. The van der Waals surface area contributed by atoms with E-state index >= 15 is 0 Å². The normalized spacial score (nSPS) is 14.4. The summed E-state index contributed by atoms with van der Waals surface area (Å²) in [6.45, 7) is 6.13. The number of hydrogen-bond donors (Lipinski definition) is 1. The van der Waals surface area contributed by atoms with Crippen LogP contribution < -0.4 is 14.8 Å². The van der Waals surface area contributed by atoms with Gasteiger partial charge in [0.2, 0.25) is 0 Å². The van der Waals surface area contributed by atoms with Crippen LogP contribution in [0.3, 0.4) is 0 Å². The molecule has 0 bridgehead atoms. The van der Waals surface area contributed by atoms with Crippen molar-refractivity contribution in [3.8, 4) is 11.5 Å². The third kappa shape index (κ3) is 5.70. The molecular formula is C23H28N2O3S. The average Bonchev–Trinajstić information content (AvgIpc) is 2.72. The van der Waals surface area contributed by atoms with Crippen molar-refractivity contribution in [2.24, 2.45) is 5.92 Å². The number of nitrogens with one attached hydrogen (secondary N) is 1. The standard InChI is InChI=1S/C23H28N2O3S/c1-16-9-11-25(12-10-16)23(29)18-7-8-20(21(14-18)27-3)28-15-22(26)24-19-6-4-5-17(2)13-19/h4-8,13-14,16H,9-12,15H2,1-3H3,(H,24,26). The van der Waals surface area contributed by atoms with Crippen molar-refractivity contribution in [2.75, 3.05) is 32.1 Å². The second kappa shape index (κ2) is 9.74. The highest BCUT2D eigenvalue weighted by Gasteiger charge is 2.20. The first-order valence-electron chi connectivity index (χ1n) is 9.93. The Labute approximate surface area is 178 Å². The molecule has 1 heterocycles. The van der Waals surface area contributed by atoms with Crippen LogP contribution in [0.25, 0.3) is 0 Å². The topological polar surface area (TPSA) is 50.8 Å². The van der Waals surface area contributed by atoms with E-state index in [0.29, 0.717) is 11.5 Å². The van der Waals surface area contributed by atoms with Crippen LogP contribution in [0.2, 0.25) is 0 Å². The Morgan fingerprint density at radius 1 is 1.17 bits per heavy atom. The van der Waals surface area contributed by atoms with E-state index in [-0.39, 0.29) is 12.5 Å². The Hall–Kier alpha value is -2.60. The molecule has 1 N–H and O–H groups in total. The molecule has 1 aliphatic heterocycles. The number of likely N-dealkylation sites (tertiary alicyclic amines) is 1. The molecule has 3 rings (SSSR count). The summed E-state index contributed by atoms with van der Waals surface area (Å²) in [5.74, 6) is 1.62. The molecule has 0 unspecified atom stereocenters. The molecule has 1 fully saturated rings. The van der Waals surface area contributed by atoms with E-state index in [2.05, 4.69) is 17.1 Å². The van der Waals surface area contributed by atoms with Gasteiger partial charge in [-0.05, 0) is 61.6 Å². The van der Waals surface area contributed by atoms with Crippen LogP contribution in [0, 0.1) is 12.8 Å². The van der Waals surface area contributed by atoms with E-state index in [1.807, 2.05) is 49.4 Å². The second-order valence-electron chi connectivity index (χ2n) is 7.55. The summed E-state index contributed by atoms with van der Waals surface area (Å²) in [4.78, 5) is 15.3. The summed E-state index contributed by atoms with van der Waals surface area (Å²) in [7, 11) is 1.59. The Morgan fingerprint density at radius 2 is 1.93 bits per heavy atom. The van der Waals surface area contributed by atoms with Crippen LogP contribution in [-0.4, -0.2) is 42.6 Å². The lowest BCUT2D eigenvalue weighted by Gasteiger charge is -2.32. The Morgan fingerprint density at radius 3 is 2.62 bits per heavy atom. The predicted molar refractivity (Wildman–Crippen MR) is 120 cm³/mol. The number of amides is 1. The highest BCUT2D eigenvalue weighted by molar-refractivity contribution is 7.80. The molecule has 6 heteroatoms. The number of ether oxygens (including phenoxy) is 2. The third-order valence-electron chi connectivity index (χ3n) is 5.14. The van der Waals surface area contributed by atoms with Crippen molar-refractivity contribution >= 4 is 28.8 Å². The minimum absolute atomic E-state index is 0.0991. The molecule has 1 amide bonds. The number of carbonyl (C=O) groups excluding carboxylic acids is 1. The van der Waals surface area contributed by atoms with Gasteiger partial charge in [-0.3, -0.25) is 4.79 Å². The van der Waals surface area contributed by atoms with Gasteiger partial charge in [0.15, 0.2) is 18.1 Å². The number of benzene rings is 2. The molecule has 0 aliphatic carbocycles. The molecule has 0 spiro atoms. The Kier molecular flexibility index (Phi) is 7.09. The van der Waals surface area contributed by atoms with E-state index in [1.54, 1.807) is 7.11 Å². The Balaban J connectivity index is 1.61. The SMILES string of the molecule is COc1cc(C(=S)N2CCC(C)CC2)ccc1OCC(=O)Nc1cccc(C)c1. The van der Waals surface area contributed by atoms with Crippen LogP contribution in [-0.2, 0) is 4.79 Å². The van der Waals surface area contributed by atoms with E-state index in [1.165, 1.54) is 0 Å². The number of carbonyl (C=O) groups is 1. The van der Waals surface area contributed by atoms with Crippen molar-refractivity contribution in [1.82, 2.24) is 4.90 Å². The first-order chi connectivity index (χ1) is 14.0. The fourth-order valence-corrected chi connectivity index (χ4v) is 3.69. The summed E-state index contributed by atoms with van der Waals surface area (Å²) in [6, 6.07) is 13.3. The lowest BCUT2D eigenvalue weighted by atomic mass is 9.99. The van der Waals surface area contributed by atoms with Gasteiger partial charge in [0.05, 0.1) is 7.11 Å². The maximum absolute atomic E-state index is 12.2. The van der Waals surface area contributed by atoms with Crippen LogP contribution in [0.1, 0.15) is 30.9 Å². The quantitative estimate of drug-likeness (QED) is 0.712. The van der Waals surface area contributed by atoms with Crippen molar-refractivity contribution in [2.45, 2.75) is 26.7 Å². The zero-order chi connectivity index (χ0) is 20.8. The first kappa shape index (κ1) is 21.1. The molecule has 154 valence electrons. The summed E-state index contributed by atoms with van der Waals surface area (Å²) >= 11 is 5.68. The number of anilines is 1. The number of hydrogen-bond acceptors (Lipinski definition) is 4. The van der Waals surface area contributed by atoms with Crippen LogP contribution in [0.15, 0.2) is 42.5 Å². The summed E-state index contributed by atoms with van der Waals surface area (Å²) < 4.78 is 11.2. The maximum atomic E-state index is 12.2. The molecule has 1 aliphatic rings. The van der Waals surface area contributed by atoms with E-state index in [0.717, 1.165) is 53.7 Å². The molecule has 0 aromatic heterocycles. The Bertz CT molecular complexity index is 876. The highest BCUT2D eigenvalue weighted by Crippen LogP contribution is 2.29. The molecule has 2 aromatic carbocycles. The second-order valence-corrected chi connectivity index (χ2v) is 7.93. The van der Waals surface area contributed by atoms with Gasteiger partial charge in [-0.25, -0.2) is 0 Å². The number of aryl methyl sites for hydroxylation is 1. The average molecular weight is 413 g/mol. The van der Waals surface area contributed by atoms with Gasteiger partial charge in [-0.15, -0.1) is 0 Å². The number of methoxy groups -OCH3 is 1. The van der Waals surface area contributed by atoms with E-state index in [9.17, 15) is 4.79 Å². The fraction of sp³-hybridized carbons (Fsp3) is 0.391. The van der Waals surface area contributed by atoms with E-state index in [4.69, 9.17) is 21.7 Å². The maximum Gasteiger partial charge on any atom is 0.262 e.